The van der Waals surface area contributed by atoms with Gasteiger partial charge in [0, 0.05) is 9.65 Å². The Morgan fingerprint density at radius 3 is 2.27 bits per heavy atom. The van der Waals surface area contributed by atoms with E-state index in [1.165, 1.54) is 11.3 Å². The van der Waals surface area contributed by atoms with Crippen molar-refractivity contribution in [3.05, 3.63) is 29.8 Å². The van der Waals surface area contributed by atoms with E-state index in [1.807, 2.05) is 0 Å². The molecule has 4 aliphatic rings. The van der Waals surface area contributed by atoms with Crippen molar-refractivity contribution in [2.75, 3.05) is 4.90 Å². The second-order valence-corrected chi connectivity index (χ2v) is 13.0. The van der Waals surface area contributed by atoms with Gasteiger partial charge in [-0.2, -0.15) is 0 Å². The van der Waals surface area contributed by atoms with Gasteiger partial charge >= 0.3 is 5.97 Å². The van der Waals surface area contributed by atoms with Gasteiger partial charge in [0.1, 0.15) is 6.10 Å². The first-order valence-electron chi connectivity index (χ1n) is 12.2. The topological polar surface area (TPSA) is 63.7 Å². The molecule has 5 rings (SSSR count). The fourth-order valence-electron chi connectivity index (χ4n) is 6.83. The molecule has 5 nitrogen and oxygen atoms in total. The number of benzene rings is 1. The Morgan fingerprint density at radius 1 is 1.03 bits per heavy atom. The number of rotatable bonds is 4. The second kappa shape index (κ2) is 8.78. The molecule has 0 aromatic heterocycles. The van der Waals surface area contributed by atoms with Crippen molar-refractivity contribution in [3.8, 4) is 0 Å². The highest BCUT2D eigenvalue weighted by Crippen LogP contribution is 2.60. The fraction of sp³-hybridized carbons (Fsp3) is 0.654. The molecule has 0 unspecified atom stereocenters. The number of imide groups is 1. The van der Waals surface area contributed by atoms with Gasteiger partial charge in [0.25, 0.3) is 0 Å². The van der Waals surface area contributed by atoms with Crippen molar-refractivity contribution < 1.29 is 19.1 Å². The van der Waals surface area contributed by atoms with Gasteiger partial charge in [-0.15, -0.1) is 0 Å². The summed E-state index contributed by atoms with van der Waals surface area (Å²) in [6.45, 7) is 6.58. The van der Waals surface area contributed by atoms with Gasteiger partial charge in [-0.1, -0.05) is 65.1 Å². The fourth-order valence-corrected chi connectivity index (χ4v) is 8.70. The van der Waals surface area contributed by atoms with Crippen molar-refractivity contribution in [2.45, 2.75) is 62.2 Å². The number of ether oxygens (including phenoxy) is 1. The Balaban J connectivity index is 1.36. The minimum Gasteiger partial charge on any atom is -0.458 e. The zero-order valence-corrected chi connectivity index (χ0v) is 22.4. The van der Waals surface area contributed by atoms with E-state index in [0.29, 0.717) is 29.0 Å². The maximum Gasteiger partial charge on any atom is 0.338 e. The lowest BCUT2D eigenvalue weighted by Crippen LogP contribution is -2.37. The minimum absolute atomic E-state index is 0.0957. The number of esters is 1. The number of hydrogen-bond acceptors (Lipinski definition) is 4. The van der Waals surface area contributed by atoms with Crippen LogP contribution in [0.5, 0.6) is 0 Å². The molecular formula is C26H31Br2NO4. The van der Waals surface area contributed by atoms with Gasteiger partial charge in [-0.05, 0) is 67.1 Å². The van der Waals surface area contributed by atoms with Gasteiger partial charge < -0.3 is 4.74 Å². The van der Waals surface area contributed by atoms with E-state index in [0.717, 1.165) is 19.3 Å². The highest BCUT2D eigenvalue weighted by atomic mass is 79.9. The van der Waals surface area contributed by atoms with Crippen LogP contribution in [0.1, 0.15) is 56.8 Å². The molecule has 1 aromatic rings. The molecule has 7 heteroatoms. The van der Waals surface area contributed by atoms with Crippen LogP contribution >= 0.6 is 31.9 Å². The van der Waals surface area contributed by atoms with E-state index >= 15 is 0 Å². The molecule has 0 N–H and O–H groups in total. The molecule has 33 heavy (non-hydrogen) atoms. The quantitative estimate of drug-likeness (QED) is 0.265. The highest BCUT2D eigenvalue weighted by molar-refractivity contribution is 9.12. The highest BCUT2D eigenvalue weighted by Gasteiger charge is 2.66. The Bertz CT molecular complexity index is 949. The Morgan fingerprint density at radius 2 is 1.67 bits per heavy atom. The zero-order chi connectivity index (χ0) is 23.6. The molecule has 2 bridgehead atoms. The van der Waals surface area contributed by atoms with Crippen LogP contribution in [0, 0.1) is 41.4 Å². The Labute approximate surface area is 212 Å². The third kappa shape index (κ3) is 3.81. The van der Waals surface area contributed by atoms with E-state index in [-0.39, 0.29) is 57.2 Å². The summed E-state index contributed by atoms with van der Waals surface area (Å²) < 4.78 is 6.00. The number of amides is 2. The van der Waals surface area contributed by atoms with Gasteiger partial charge in [0.2, 0.25) is 11.8 Å². The third-order valence-corrected chi connectivity index (χ3v) is 11.8. The predicted molar refractivity (Wildman–Crippen MR) is 133 cm³/mol. The number of carbonyl (C=O) groups is 3. The van der Waals surface area contributed by atoms with E-state index in [9.17, 15) is 14.4 Å². The number of nitrogens with zero attached hydrogens (tertiary/aromatic N) is 1. The van der Waals surface area contributed by atoms with Crippen LogP contribution in [0.3, 0.4) is 0 Å². The first-order chi connectivity index (χ1) is 15.7. The maximum atomic E-state index is 13.3. The maximum absolute atomic E-state index is 13.3. The number of anilines is 1. The molecule has 178 valence electrons. The van der Waals surface area contributed by atoms with Crippen LogP contribution in [0.2, 0.25) is 0 Å². The molecule has 0 radical (unpaired) electrons. The summed E-state index contributed by atoms with van der Waals surface area (Å²) in [5.41, 5.74) is 0.869. The normalized spacial score (nSPS) is 39.9. The van der Waals surface area contributed by atoms with Crippen LogP contribution in [0.25, 0.3) is 0 Å². The molecule has 1 heterocycles. The molecular weight excluding hydrogens is 550 g/mol. The lowest BCUT2D eigenvalue weighted by molar-refractivity contribution is -0.123. The van der Waals surface area contributed by atoms with Gasteiger partial charge in [0.05, 0.1) is 23.1 Å². The molecule has 0 spiro atoms. The summed E-state index contributed by atoms with van der Waals surface area (Å²) in [5.74, 6) is 0.504. The first-order valence-corrected chi connectivity index (χ1v) is 14.0. The van der Waals surface area contributed by atoms with Crippen LogP contribution in [-0.2, 0) is 14.3 Å². The van der Waals surface area contributed by atoms with Crippen molar-refractivity contribution >= 4 is 55.3 Å². The summed E-state index contributed by atoms with van der Waals surface area (Å²) in [7, 11) is 0. The van der Waals surface area contributed by atoms with Gasteiger partial charge in [-0.25, -0.2) is 4.79 Å². The largest absolute Gasteiger partial charge is 0.458 e. The van der Waals surface area contributed by atoms with E-state index < -0.39 is 0 Å². The summed E-state index contributed by atoms with van der Waals surface area (Å²) >= 11 is 7.46. The standard InChI is InChI=1S/C26H31Br2NO4/c1-12(2)16-8-7-13(3)9-19(16)33-26(32)14-5-4-6-15(10-14)29-24(30)20-17-11-18(21(20)25(29)31)23(28)22(17)27/h4-6,10,12-13,16-23H,7-9,11H2,1-3H3/t13-,16-,17-,18-,19-,20-,21+,22+,23+/m1/s1. The molecule has 4 fully saturated rings. The molecule has 3 aliphatic carbocycles. The Hall–Kier alpha value is -1.21. The first kappa shape index (κ1) is 23.5. The van der Waals surface area contributed by atoms with Crippen molar-refractivity contribution in [1.29, 1.82) is 0 Å². The molecule has 3 saturated carbocycles. The molecule has 1 saturated heterocycles. The number of carbonyl (C=O) groups excluding carboxylic acids is 3. The number of halogens is 2. The van der Waals surface area contributed by atoms with E-state index in [4.69, 9.17) is 4.74 Å². The van der Waals surface area contributed by atoms with E-state index in [2.05, 4.69) is 52.6 Å². The van der Waals surface area contributed by atoms with Gasteiger partial charge in [0.15, 0.2) is 0 Å². The van der Waals surface area contributed by atoms with Crippen LogP contribution < -0.4 is 4.90 Å². The second-order valence-electron chi connectivity index (χ2n) is 10.8. The summed E-state index contributed by atoms with van der Waals surface area (Å²) in [6, 6.07) is 6.83. The van der Waals surface area contributed by atoms with Crippen molar-refractivity contribution in [2.24, 2.45) is 41.4 Å². The van der Waals surface area contributed by atoms with Gasteiger partial charge in [-0.3, -0.25) is 14.5 Å². The summed E-state index contributed by atoms with van der Waals surface area (Å²) in [5, 5.41) is 0. The Kier molecular flexibility index (Phi) is 6.26. The number of hydrogen-bond donors (Lipinski definition) is 0. The minimum atomic E-state index is -0.373. The van der Waals surface area contributed by atoms with Crippen LogP contribution in [-0.4, -0.2) is 33.5 Å². The monoisotopic (exact) mass is 579 g/mol. The predicted octanol–water partition coefficient (Wildman–Crippen LogP) is 5.59. The SMILES string of the molecule is CC(C)[C@H]1CC[C@@H](C)C[C@H]1OC(=O)c1cccc(N2C(=O)[C@@H]3[C@H]4C[C@@H]([C@H](Br)[C@H]4Br)[C@@H]3C2=O)c1. The van der Waals surface area contributed by atoms with E-state index in [1.54, 1.807) is 24.3 Å². The third-order valence-electron chi connectivity index (χ3n) is 8.55. The average molecular weight is 581 g/mol. The summed E-state index contributed by atoms with van der Waals surface area (Å²) in [6.07, 6.45) is 3.92. The van der Waals surface area contributed by atoms with Crippen molar-refractivity contribution in [3.63, 3.8) is 0 Å². The van der Waals surface area contributed by atoms with Crippen molar-refractivity contribution in [1.82, 2.24) is 0 Å². The number of fused-ring (bicyclic) bond motifs is 5. The smallest absolute Gasteiger partial charge is 0.338 e. The molecule has 1 aromatic carbocycles. The van der Waals surface area contributed by atoms with Crippen LogP contribution in [0.15, 0.2) is 24.3 Å². The lowest BCUT2D eigenvalue weighted by atomic mass is 9.75. The molecule has 1 aliphatic heterocycles. The zero-order valence-electron chi connectivity index (χ0n) is 19.2. The molecule has 9 atom stereocenters. The average Bonchev–Trinajstić information content (AvgIpc) is 3.38. The lowest BCUT2D eigenvalue weighted by Gasteiger charge is -2.36. The number of alkyl halides is 2. The molecule has 2 amide bonds. The summed E-state index contributed by atoms with van der Waals surface area (Å²) in [4.78, 5) is 41.5. The van der Waals surface area contributed by atoms with Crippen LogP contribution in [0.4, 0.5) is 5.69 Å².